The molecule has 0 bridgehead atoms. The van der Waals surface area contributed by atoms with Gasteiger partial charge >= 0.3 is 0 Å². The number of aryl methyl sites for hydroxylation is 1. The molecule has 0 radical (unpaired) electrons. The molecule has 0 aromatic heterocycles. The summed E-state index contributed by atoms with van der Waals surface area (Å²) in [5, 5.41) is 2.73. The van der Waals surface area contributed by atoms with Gasteiger partial charge in [-0.2, -0.15) is 0 Å². The Morgan fingerprint density at radius 3 is 2.18 bits per heavy atom. The molecule has 0 saturated heterocycles. The molecule has 0 nitrogen and oxygen atoms in total. The molecule has 0 heteroatoms. The van der Waals surface area contributed by atoms with E-state index in [1.54, 1.807) is 0 Å². The van der Waals surface area contributed by atoms with Gasteiger partial charge in [0.25, 0.3) is 0 Å². The topological polar surface area (TPSA) is 0 Å². The molecule has 0 aliphatic rings. The van der Waals surface area contributed by atoms with Crippen LogP contribution >= 0.6 is 0 Å². The molecule has 0 fully saturated rings. The van der Waals surface area contributed by atoms with Crippen LogP contribution in [0.4, 0.5) is 0 Å². The van der Waals surface area contributed by atoms with E-state index in [-0.39, 0.29) is 7.43 Å². The van der Waals surface area contributed by atoms with Crippen molar-refractivity contribution in [2.24, 2.45) is 0 Å². The average molecular weight is 230 g/mol. The van der Waals surface area contributed by atoms with Gasteiger partial charge < -0.3 is 0 Å². The normalized spacial score (nSPS) is 9.53. The second-order valence-electron chi connectivity index (χ2n) is 4.21. The first-order chi connectivity index (χ1) is 7.68. The van der Waals surface area contributed by atoms with E-state index in [4.69, 9.17) is 0 Å². The summed E-state index contributed by atoms with van der Waals surface area (Å²) in [6, 6.07) is 13.3. The number of hydrogen-bond acceptors (Lipinski definition) is 0. The van der Waals surface area contributed by atoms with Crippen LogP contribution in [0.15, 0.2) is 36.4 Å². The maximum absolute atomic E-state index is 2.30. The first-order valence-electron chi connectivity index (χ1n) is 6.18. The third-order valence-corrected chi connectivity index (χ3v) is 2.79. The molecule has 0 amide bonds. The zero-order valence-electron chi connectivity index (χ0n) is 11.0. The van der Waals surface area contributed by atoms with E-state index >= 15 is 0 Å². The lowest BCUT2D eigenvalue weighted by Gasteiger charge is -2.08. The van der Waals surface area contributed by atoms with Crippen molar-refractivity contribution in [3.05, 3.63) is 47.5 Å². The lowest BCUT2D eigenvalue weighted by atomic mass is 9.97. The molecule has 0 spiro atoms. The molecular weight excluding hydrogens is 204 g/mol. The number of hydrogen-bond donors (Lipinski definition) is 0. The molecule has 0 heterocycles. The zero-order valence-corrected chi connectivity index (χ0v) is 11.0. The fraction of sp³-hybridized carbons (Fsp3) is 0.412. The van der Waals surface area contributed by atoms with Crippen LogP contribution in [-0.4, -0.2) is 0 Å². The number of rotatable bonds is 1. The van der Waals surface area contributed by atoms with E-state index in [0.29, 0.717) is 5.92 Å². The maximum atomic E-state index is 2.30. The molecule has 94 valence electrons. The molecule has 2 rings (SSSR count). The highest BCUT2D eigenvalue weighted by atomic mass is 14.1. The van der Waals surface area contributed by atoms with Crippen molar-refractivity contribution in [3.63, 3.8) is 0 Å². The van der Waals surface area contributed by atoms with Gasteiger partial charge in [0.2, 0.25) is 0 Å². The second-order valence-corrected chi connectivity index (χ2v) is 4.21. The standard InChI is InChI=1S/C14H16.C2H6.CH4/c1-10(2)12-7-8-14-11(3)5-4-6-13(14)9-12;1-2;/h4-10H,1-3H3;1-2H3;1H4. The lowest BCUT2D eigenvalue weighted by molar-refractivity contribution is 0.869. The van der Waals surface area contributed by atoms with Crippen LogP contribution in [0, 0.1) is 6.92 Å². The van der Waals surface area contributed by atoms with Crippen molar-refractivity contribution in [3.8, 4) is 0 Å². The molecule has 0 unspecified atom stereocenters. The summed E-state index contributed by atoms with van der Waals surface area (Å²) in [5.74, 6) is 0.611. The molecule has 2 aromatic carbocycles. The highest BCUT2D eigenvalue weighted by Crippen LogP contribution is 2.23. The third-order valence-electron chi connectivity index (χ3n) is 2.79. The quantitative estimate of drug-likeness (QED) is 0.569. The third kappa shape index (κ3) is 3.59. The predicted octanol–water partition coefficient (Wildman–Crippen LogP) is 5.93. The Hall–Kier alpha value is -1.30. The van der Waals surface area contributed by atoms with Crippen molar-refractivity contribution in [1.29, 1.82) is 0 Å². The van der Waals surface area contributed by atoms with Gasteiger partial charge in [0.1, 0.15) is 0 Å². The smallest absolute Gasteiger partial charge is 0.0155 e. The van der Waals surface area contributed by atoms with Gasteiger partial charge in [0, 0.05) is 0 Å². The van der Waals surface area contributed by atoms with E-state index in [1.165, 1.54) is 21.9 Å². The molecule has 2 aromatic rings. The van der Waals surface area contributed by atoms with E-state index in [9.17, 15) is 0 Å². The Balaban J connectivity index is 0.000000811. The van der Waals surface area contributed by atoms with Gasteiger partial charge in [-0.15, -0.1) is 0 Å². The number of benzene rings is 2. The molecular formula is C17H26. The van der Waals surface area contributed by atoms with E-state index in [0.717, 1.165) is 0 Å². The maximum Gasteiger partial charge on any atom is -0.0155 e. The van der Waals surface area contributed by atoms with Crippen LogP contribution in [0.2, 0.25) is 0 Å². The first-order valence-corrected chi connectivity index (χ1v) is 6.18. The fourth-order valence-corrected chi connectivity index (χ4v) is 1.82. The summed E-state index contributed by atoms with van der Waals surface area (Å²) in [6.45, 7) is 10.6. The zero-order chi connectivity index (χ0) is 12.1. The monoisotopic (exact) mass is 230 g/mol. The molecule has 0 atom stereocenters. The fourth-order valence-electron chi connectivity index (χ4n) is 1.82. The van der Waals surface area contributed by atoms with Gasteiger partial charge in [-0.3, -0.25) is 0 Å². The minimum atomic E-state index is 0. The van der Waals surface area contributed by atoms with Crippen molar-refractivity contribution in [2.75, 3.05) is 0 Å². The van der Waals surface area contributed by atoms with Crippen LogP contribution in [0.25, 0.3) is 10.8 Å². The Kier molecular flexibility index (Phi) is 6.57. The first kappa shape index (κ1) is 15.7. The summed E-state index contributed by atoms with van der Waals surface area (Å²) in [5.41, 5.74) is 2.78. The predicted molar refractivity (Wildman–Crippen MR) is 80.9 cm³/mol. The van der Waals surface area contributed by atoms with Crippen LogP contribution < -0.4 is 0 Å². The number of fused-ring (bicyclic) bond motifs is 1. The van der Waals surface area contributed by atoms with E-state index < -0.39 is 0 Å². The Bertz CT molecular complexity index is 453. The van der Waals surface area contributed by atoms with Crippen LogP contribution in [-0.2, 0) is 0 Å². The van der Waals surface area contributed by atoms with Crippen molar-refractivity contribution in [2.45, 2.75) is 48.0 Å². The Morgan fingerprint density at radius 1 is 0.941 bits per heavy atom. The summed E-state index contributed by atoms with van der Waals surface area (Å²) in [7, 11) is 0. The van der Waals surface area contributed by atoms with Gasteiger partial charge in [-0.1, -0.05) is 71.5 Å². The van der Waals surface area contributed by atoms with Crippen molar-refractivity contribution in [1.82, 2.24) is 0 Å². The van der Waals surface area contributed by atoms with Gasteiger partial charge in [0.05, 0.1) is 0 Å². The van der Waals surface area contributed by atoms with E-state index in [2.05, 4.69) is 57.2 Å². The van der Waals surface area contributed by atoms with Gasteiger partial charge in [-0.05, 0) is 34.7 Å². The van der Waals surface area contributed by atoms with Crippen molar-refractivity contribution >= 4 is 10.8 Å². The highest BCUT2D eigenvalue weighted by molar-refractivity contribution is 5.86. The minimum Gasteiger partial charge on any atom is -0.0776 e. The summed E-state index contributed by atoms with van der Waals surface area (Å²) >= 11 is 0. The van der Waals surface area contributed by atoms with Crippen LogP contribution in [0.3, 0.4) is 0 Å². The largest absolute Gasteiger partial charge is 0.0776 e. The second kappa shape index (κ2) is 7.11. The summed E-state index contributed by atoms with van der Waals surface area (Å²) in [6.07, 6.45) is 0. The molecule has 0 aliphatic carbocycles. The summed E-state index contributed by atoms with van der Waals surface area (Å²) < 4.78 is 0. The van der Waals surface area contributed by atoms with E-state index in [1.807, 2.05) is 13.8 Å². The van der Waals surface area contributed by atoms with Gasteiger partial charge in [-0.25, -0.2) is 0 Å². The highest BCUT2D eigenvalue weighted by Gasteiger charge is 2.01. The van der Waals surface area contributed by atoms with Gasteiger partial charge in [0.15, 0.2) is 0 Å². The molecule has 0 aliphatic heterocycles. The lowest BCUT2D eigenvalue weighted by Crippen LogP contribution is -1.87. The Labute approximate surface area is 107 Å². The van der Waals surface area contributed by atoms with Crippen LogP contribution in [0.5, 0.6) is 0 Å². The average Bonchev–Trinajstić information content (AvgIpc) is 2.31. The molecule has 0 N–H and O–H groups in total. The SMILES string of the molecule is C.CC.Cc1cccc2cc(C(C)C)ccc12. The Morgan fingerprint density at radius 2 is 1.59 bits per heavy atom. The minimum absolute atomic E-state index is 0. The van der Waals surface area contributed by atoms with Crippen LogP contribution in [0.1, 0.15) is 52.2 Å². The van der Waals surface area contributed by atoms with Crippen molar-refractivity contribution < 1.29 is 0 Å². The molecule has 0 saturated carbocycles. The molecule has 17 heavy (non-hydrogen) atoms. The summed E-state index contributed by atoms with van der Waals surface area (Å²) in [4.78, 5) is 0.